The summed E-state index contributed by atoms with van der Waals surface area (Å²) in [6.07, 6.45) is 1.48. The van der Waals surface area contributed by atoms with Gasteiger partial charge in [0.15, 0.2) is 0 Å². The normalized spacial score (nSPS) is 18.1. The zero-order valence-electron chi connectivity index (χ0n) is 12.0. The van der Waals surface area contributed by atoms with Crippen molar-refractivity contribution in [2.45, 2.75) is 45.4 Å². The van der Waals surface area contributed by atoms with E-state index >= 15 is 0 Å². The van der Waals surface area contributed by atoms with Crippen molar-refractivity contribution in [2.75, 3.05) is 13.1 Å². The van der Waals surface area contributed by atoms with Crippen LogP contribution in [0.4, 0.5) is 4.79 Å². The van der Waals surface area contributed by atoms with Gasteiger partial charge in [0.1, 0.15) is 5.60 Å². The number of carbonyl (C=O) groups is 1. The molecule has 1 atom stereocenters. The Morgan fingerprint density at radius 1 is 1.53 bits per heavy atom. The summed E-state index contributed by atoms with van der Waals surface area (Å²) in [6, 6.07) is 2.06. The quantitative estimate of drug-likeness (QED) is 0.884. The van der Waals surface area contributed by atoms with Gasteiger partial charge in [0.05, 0.1) is 11.7 Å². The van der Waals surface area contributed by atoms with Gasteiger partial charge in [-0.3, -0.25) is 4.68 Å². The van der Waals surface area contributed by atoms with Crippen LogP contribution in [0, 0.1) is 0 Å². The molecule has 6 nitrogen and oxygen atoms in total. The van der Waals surface area contributed by atoms with Gasteiger partial charge in [-0.15, -0.1) is 0 Å². The fourth-order valence-corrected chi connectivity index (χ4v) is 2.08. The summed E-state index contributed by atoms with van der Waals surface area (Å²) in [5.74, 6) is 0. The maximum absolute atomic E-state index is 11.8. The average molecular weight is 266 g/mol. The lowest BCUT2D eigenvalue weighted by Crippen LogP contribution is -2.52. The highest BCUT2D eigenvalue weighted by atomic mass is 16.6. The Kier molecular flexibility index (Phi) is 3.54. The Morgan fingerprint density at radius 3 is 2.68 bits per heavy atom. The van der Waals surface area contributed by atoms with Gasteiger partial charge in [-0.25, -0.2) is 4.79 Å². The third kappa shape index (κ3) is 3.07. The molecule has 0 aromatic carbocycles. The van der Waals surface area contributed by atoms with Gasteiger partial charge >= 0.3 is 6.09 Å². The van der Waals surface area contributed by atoms with Gasteiger partial charge < -0.3 is 15.4 Å². The van der Waals surface area contributed by atoms with E-state index in [1.807, 2.05) is 38.4 Å². The minimum Gasteiger partial charge on any atom is -0.444 e. The number of carbonyl (C=O) groups excluding carboxylic acids is 1. The number of rotatable bonds is 2. The molecule has 2 N–H and O–H groups in total. The molecule has 6 heteroatoms. The van der Waals surface area contributed by atoms with E-state index < -0.39 is 5.60 Å². The molecule has 1 aliphatic rings. The average Bonchev–Trinajstić information content (AvgIpc) is 2.60. The monoisotopic (exact) mass is 266 g/mol. The van der Waals surface area contributed by atoms with Crippen LogP contribution >= 0.6 is 0 Å². The van der Waals surface area contributed by atoms with E-state index in [9.17, 15) is 4.79 Å². The summed E-state index contributed by atoms with van der Waals surface area (Å²) in [4.78, 5) is 13.5. The Hall–Kier alpha value is -1.56. The van der Waals surface area contributed by atoms with Crippen molar-refractivity contribution in [3.05, 3.63) is 18.0 Å². The largest absolute Gasteiger partial charge is 0.444 e. The first kappa shape index (κ1) is 13.9. The molecule has 1 aromatic rings. The molecule has 2 rings (SSSR count). The summed E-state index contributed by atoms with van der Waals surface area (Å²) in [7, 11) is 0. The molecule has 0 saturated carbocycles. The Morgan fingerprint density at radius 2 is 2.16 bits per heavy atom. The highest BCUT2D eigenvalue weighted by Gasteiger charge is 2.36. The summed E-state index contributed by atoms with van der Waals surface area (Å²) >= 11 is 0. The second kappa shape index (κ2) is 4.85. The Labute approximate surface area is 113 Å². The smallest absolute Gasteiger partial charge is 0.410 e. The molecule has 2 heterocycles. The third-order valence-electron chi connectivity index (χ3n) is 3.03. The van der Waals surface area contributed by atoms with Crippen LogP contribution in [-0.4, -0.2) is 39.5 Å². The minimum absolute atomic E-state index is 0.0573. The predicted molar refractivity (Wildman–Crippen MR) is 71.7 cm³/mol. The molecular formula is C13H22N4O2. The predicted octanol–water partition coefficient (Wildman–Crippen LogP) is 1.69. The number of ether oxygens (including phenoxy) is 1. The van der Waals surface area contributed by atoms with Crippen LogP contribution in [-0.2, 0) is 4.74 Å². The van der Waals surface area contributed by atoms with Gasteiger partial charge in [0.25, 0.3) is 0 Å². The van der Waals surface area contributed by atoms with E-state index in [4.69, 9.17) is 10.5 Å². The number of nitrogens with two attached hydrogens (primary N) is 1. The summed E-state index contributed by atoms with van der Waals surface area (Å²) in [6.45, 7) is 8.77. The standard InChI is InChI=1S/C13H22N4O2/c1-9(14)11-5-6-15-17(11)10-7-16(8-10)12(18)19-13(2,3)4/h5-6,9-10H,7-8,14H2,1-4H3. The highest BCUT2D eigenvalue weighted by molar-refractivity contribution is 5.69. The number of hydrogen-bond donors (Lipinski definition) is 1. The SMILES string of the molecule is CC(N)c1ccnn1C1CN(C(=O)OC(C)(C)C)C1. The van der Waals surface area contributed by atoms with E-state index in [1.165, 1.54) is 0 Å². The van der Waals surface area contributed by atoms with E-state index in [0.29, 0.717) is 13.1 Å². The molecule has 106 valence electrons. The van der Waals surface area contributed by atoms with E-state index in [-0.39, 0.29) is 18.2 Å². The maximum Gasteiger partial charge on any atom is 0.410 e. The molecule has 19 heavy (non-hydrogen) atoms. The number of amides is 1. The van der Waals surface area contributed by atoms with Gasteiger partial charge in [0.2, 0.25) is 0 Å². The van der Waals surface area contributed by atoms with Crippen LogP contribution in [0.15, 0.2) is 12.3 Å². The molecule has 1 aromatic heterocycles. The first-order chi connectivity index (χ1) is 8.78. The van der Waals surface area contributed by atoms with Crippen molar-refractivity contribution in [3.63, 3.8) is 0 Å². The van der Waals surface area contributed by atoms with Crippen molar-refractivity contribution in [1.29, 1.82) is 0 Å². The molecule has 0 spiro atoms. The number of likely N-dealkylation sites (tertiary alicyclic amines) is 1. The van der Waals surface area contributed by atoms with Crippen molar-refractivity contribution < 1.29 is 9.53 Å². The van der Waals surface area contributed by atoms with Crippen molar-refractivity contribution >= 4 is 6.09 Å². The van der Waals surface area contributed by atoms with E-state index in [2.05, 4.69) is 5.10 Å². The number of hydrogen-bond acceptors (Lipinski definition) is 4. The number of nitrogens with zero attached hydrogens (tertiary/aromatic N) is 3. The molecule has 0 radical (unpaired) electrons. The van der Waals surface area contributed by atoms with Crippen molar-refractivity contribution in [2.24, 2.45) is 5.73 Å². The Balaban J connectivity index is 1.93. The fourth-order valence-electron chi connectivity index (χ4n) is 2.08. The van der Waals surface area contributed by atoms with Crippen molar-refractivity contribution in [3.8, 4) is 0 Å². The summed E-state index contributed by atoms with van der Waals surface area (Å²) < 4.78 is 7.23. The molecule has 1 aliphatic heterocycles. The Bertz CT molecular complexity index is 455. The molecule has 1 unspecified atom stereocenters. The lowest BCUT2D eigenvalue weighted by Gasteiger charge is -2.40. The second-order valence-electron chi connectivity index (χ2n) is 6.03. The molecule has 0 aliphatic carbocycles. The fraction of sp³-hybridized carbons (Fsp3) is 0.692. The maximum atomic E-state index is 11.8. The van der Waals surface area contributed by atoms with Crippen LogP contribution in [0.3, 0.4) is 0 Å². The van der Waals surface area contributed by atoms with Gasteiger partial charge in [0, 0.05) is 25.3 Å². The molecule has 0 bridgehead atoms. The molecule has 1 fully saturated rings. The first-order valence-corrected chi connectivity index (χ1v) is 6.55. The first-order valence-electron chi connectivity index (χ1n) is 6.55. The van der Waals surface area contributed by atoms with E-state index in [0.717, 1.165) is 5.69 Å². The summed E-state index contributed by atoms with van der Waals surface area (Å²) in [5.41, 5.74) is 6.43. The van der Waals surface area contributed by atoms with Crippen LogP contribution in [0.2, 0.25) is 0 Å². The third-order valence-corrected chi connectivity index (χ3v) is 3.03. The van der Waals surface area contributed by atoms with Gasteiger partial charge in [-0.1, -0.05) is 0 Å². The lowest BCUT2D eigenvalue weighted by molar-refractivity contribution is -0.000839. The molecule has 1 saturated heterocycles. The van der Waals surface area contributed by atoms with Crippen LogP contribution in [0.25, 0.3) is 0 Å². The second-order valence-corrected chi connectivity index (χ2v) is 6.03. The minimum atomic E-state index is -0.454. The van der Waals surface area contributed by atoms with Gasteiger partial charge in [-0.2, -0.15) is 5.10 Å². The lowest BCUT2D eigenvalue weighted by atomic mass is 10.1. The zero-order valence-corrected chi connectivity index (χ0v) is 12.0. The van der Waals surface area contributed by atoms with Crippen molar-refractivity contribution in [1.82, 2.24) is 14.7 Å². The summed E-state index contributed by atoms with van der Waals surface area (Å²) in [5, 5.41) is 4.29. The van der Waals surface area contributed by atoms with E-state index in [1.54, 1.807) is 11.1 Å². The topological polar surface area (TPSA) is 73.4 Å². The van der Waals surface area contributed by atoms with Crippen LogP contribution in [0.5, 0.6) is 0 Å². The van der Waals surface area contributed by atoms with Crippen LogP contribution in [0.1, 0.15) is 45.5 Å². The molecular weight excluding hydrogens is 244 g/mol. The highest BCUT2D eigenvalue weighted by Crippen LogP contribution is 2.25. The van der Waals surface area contributed by atoms with Crippen LogP contribution < -0.4 is 5.73 Å². The molecule has 1 amide bonds. The van der Waals surface area contributed by atoms with Gasteiger partial charge in [-0.05, 0) is 33.8 Å². The number of aromatic nitrogens is 2. The zero-order chi connectivity index (χ0) is 14.2.